The molecular weight excluding hydrogens is 1350 g/mol. The molecule has 13 N–H and O–H groups in total. The Balaban J connectivity index is 0.752. The van der Waals surface area contributed by atoms with Crippen molar-refractivity contribution in [3.8, 4) is 22.5 Å². The van der Waals surface area contributed by atoms with Crippen LogP contribution in [-0.4, -0.2) is 136 Å². The molecule has 103 heavy (non-hydrogen) atoms. The van der Waals surface area contributed by atoms with E-state index in [0.29, 0.717) is 71.1 Å². The summed E-state index contributed by atoms with van der Waals surface area (Å²) in [5.74, 6) is -3.33. The molecule has 2 aliphatic rings. The van der Waals surface area contributed by atoms with Gasteiger partial charge in [-0.05, 0) is 137 Å². The van der Waals surface area contributed by atoms with Crippen LogP contribution in [-0.2, 0) is 68.2 Å². The van der Waals surface area contributed by atoms with Crippen LogP contribution in [0.3, 0.4) is 0 Å². The Morgan fingerprint density at radius 1 is 0.583 bits per heavy atom. The third kappa shape index (κ3) is 18.7. The summed E-state index contributed by atoms with van der Waals surface area (Å²) in [5, 5.41) is 19.1. The van der Waals surface area contributed by atoms with Gasteiger partial charge in [0.25, 0.3) is 10.1 Å². The summed E-state index contributed by atoms with van der Waals surface area (Å²) in [6, 6.07) is 37.2. The molecule has 2 aromatic heterocycles. The fourth-order valence-corrected chi connectivity index (χ4v) is 15.1. The van der Waals surface area contributed by atoms with Gasteiger partial charge in [0.05, 0.1) is 17.0 Å². The van der Waals surface area contributed by atoms with E-state index >= 15 is 4.79 Å². The monoisotopic (exact) mass is 1440 g/mol. The van der Waals surface area contributed by atoms with E-state index in [4.69, 9.17) is 15.9 Å². The zero-order valence-corrected chi connectivity index (χ0v) is 60.1. The molecular formula is C77H91N12O12S2+. The summed E-state index contributed by atoms with van der Waals surface area (Å²) < 4.78 is 76.2. The third-order valence-electron chi connectivity index (χ3n) is 18.8. The Labute approximate surface area is 599 Å². The third-order valence-corrected chi connectivity index (χ3v) is 21.1. The Kier molecular flexibility index (Phi) is 25.0. The van der Waals surface area contributed by atoms with Gasteiger partial charge in [0.2, 0.25) is 50.8 Å². The molecule has 0 spiro atoms. The van der Waals surface area contributed by atoms with Crippen LogP contribution in [0.15, 0.2) is 172 Å². The summed E-state index contributed by atoms with van der Waals surface area (Å²) in [6.07, 6.45) is 5.63. The number of aromatic nitrogens is 2. The highest BCUT2D eigenvalue weighted by Gasteiger charge is 2.34. The molecule has 542 valence electrons. The van der Waals surface area contributed by atoms with Gasteiger partial charge in [-0.2, -0.15) is 8.42 Å². The molecule has 0 radical (unpaired) electrons. The standard InChI is InChI=1S/C77H90N12O12S2/c1-6-88(7-2)54-31-34-59-68(43-54)101-69-44-55(89(8-3)9-4)32-35-60(69)72(59)61-36-33-56(45-70(61)103(98,99)100)102(96,97)83-38-19-10-11-28-71(90)80-37-20-18-27-64(73(79)91)84-75(93)65(40-49-29-30-50-21-12-13-22-51(50)39-49)86-77(95)67(42-53-47-82-63-26-17-15-24-58(53)63)87-76(94)66(85-74(92)48(5)78)41-52-46-81-62-25-16-14-23-57(52)62/h12-17,21-26,29-36,39,43-48,64-67,81-83H,6-11,18-20,27-28,37-38,40-42,78H2,1-5H3,(H7-,79,80,84,85,86,87,90,91,92,93,94,95,98,99,100)/p+1/t48-,64-,65+,66-,67-/m0/s1. The second-order valence-corrected chi connectivity index (χ2v) is 29.0. The molecule has 26 heteroatoms. The number of carbonyl (C=O) groups excluding carboxylic acids is 6. The molecule has 0 bridgehead atoms. The highest BCUT2D eigenvalue weighted by atomic mass is 32.2. The lowest BCUT2D eigenvalue weighted by molar-refractivity contribution is -0.134. The molecule has 24 nitrogen and oxygen atoms in total. The first kappa shape index (κ1) is 75.4. The number of anilines is 1. The number of sulfonamides is 1. The number of hydrogen-bond donors (Lipinski definition) is 11. The number of nitrogens with one attached hydrogen (secondary N) is 8. The number of nitrogens with zero attached hydrogens (tertiary/aromatic N) is 2. The van der Waals surface area contributed by atoms with E-state index in [2.05, 4.69) is 50.7 Å². The van der Waals surface area contributed by atoms with E-state index in [0.717, 1.165) is 81.4 Å². The van der Waals surface area contributed by atoms with Crippen molar-refractivity contribution in [2.24, 2.45) is 11.5 Å². The Hall–Kier alpha value is -10.3. The lowest BCUT2D eigenvalue weighted by Crippen LogP contribution is -2.59. The second kappa shape index (κ2) is 34.1. The Morgan fingerprint density at radius 3 is 1.78 bits per heavy atom. The van der Waals surface area contributed by atoms with Gasteiger partial charge in [-0.15, -0.1) is 0 Å². The highest BCUT2D eigenvalue weighted by molar-refractivity contribution is 7.89. The predicted molar refractivity (Wildman–Crippen MR) is 401 cm³/mol. The first-order valence-electron chi connectivity index (χ1n) is 35.0. The molecule has 10 rings (SSSR count). The maximum absolute atomic E-state index is 15.0. The summed E-state index contributed by atoms with van der Waals surface area (Å²) in [5.41, 5.74) is 18.1. The minimum Gasteiger partial charge on any atom is -0.456 e. The van der Waals surface area contributed by atoms with Crippen LogP contribution in [0.5, 0.6) is 0 Å². The lowest BCUT2D eigenvalue weighted by atomic mass is 9.93. The molecule has 6 aromatic carbocycles. The van der Waals surface area contributed by atoms with Crippen LogP contribution in [0.2, 0.25) is 0 Å². The summed E-state index contributed by atoms with van der Waals surface area (Å²) in [6.45, 7) is 12.8. The number of carbonyl (C=O) groups is 6. The summed E-state index contributed by atoms with van der Waals surface area (Å²) in [7, 11) is -9.32. The van der Waals surface area contributed by atoms with Crippen LogP contribution in [0, 0.1) is 0 Å². The number of benzene rings is 7. The van der Waals surface area contributed by atoms with E-state index in [1.165, 1.54) is 19.1 Å². The molecule has 0 unspecified atom stereocenters. The SMILES string of the molecule is CCN(CC)c1ccc2c(-c3ccc(S(=O)(=O)NCCCCCC(=O)NCCCC[C@H](NC(=O)[C@@H](Cc4ccc5ccccc5c4)NC(=O)[C@H](Cc4c[nH]c5ccccc45)NC(=O)[C@H](Cc4c[nH]c5ccccc45)NC(=O)[C@H](C)N)C(N)=O)cc3S(=O)(=O)O)c3ccc(=[N+](CC)CC)cc-3oc2c1. The highest BCUT2D eigenvalue weighted by Crippen LogP contribution is 2.44. The first-order valence-corrected chi connectivity index (χ1v) is 37.9. The molecule has 5 atom stereocenters. The van der Waals surface area contributed by atoms with Gasteiger partial charge in [0.1, 0.15) is 53.5 Å². The van der Waals surface area contributed by atoms with Crippen molar-refractivity contribution in [3.05, 3.63) is 180 Å². The van der Waals surface area contributed by atoms with Gasteiger partial charge < -0.3 is 57.3 Å². The van der Waals surface area contributed by atoms with Gasteiger partial charge in [-0.1, -0.05) is 91.3 Å². The fourth-order valence-electron chi connectivity index (χ4n) is 13.2. The number of aromatic amines is 2. The van der Waals surface area contributed by atoms with E-state index in [-0.39, 0.29) is 61.6 Å². The number of fused-ring (bicyclic) bond motifs is 5. The van der Waals surface area contributed by atoms with Gasteiger partial charge in [-0.25, -0.2) is 17.7 Å². The first-order chi connectivity index (χ1) is 49.5. The topological polar surface area (TPSA) is 366 Å². The number of nitrogens with two attached hydrogens (primary N) is 2. The normalized spacial score (nSPS) is 13.3. The van der Waals surface area contributed by atoms with Crippen LogP contribution in [0.25, 0.3) is 66.0 Å². The maximum Gasteiger partial charge on any atom is 0.295 e. The molecule has 0 saturated heterocycles. The van der Waals surface area contributed by atoms with E-state index in [9.17, 15) is 45.4 Å². The molecule has 8 aromatic rings. The van der Waals surface area contributed by atoms with Gasteiger partial charge in [0.15, 0.2) is 0 Å². The smallest absolute Gasteiger partial charge is 0.295 e. The van der Waals surface area contributed by atoms with Crippen LogP contribution in [0.1, 0.15) is 96.3 Å². The zero-order chi connectivity index (χ0) is 73.5. The maximum atomic E-state index is 15.0. The van der Waals surface area contributed by atoms with Gasteiger partial charge >= 0.3 is 0 Å². The number of unbranched alkanes of at least 4 members (excludes halogenated alkanes) is 3. The molecule has 3 heterocycles. The van der Waals surface area contributed by atoms with E-state index < -0.39 is 84.8 Å². The van der Waals surface area contributed by atoms with Crippen molar-refractivity contribution in [3.63, 3.8) is 0 Å². The van der Waals surface area contributed by atoms with Crippen molar-refractivity contribution < 1.29 is 54.6 Å². The number of rotatable bonds is 35. The predicted octanol–water partition coefficient (Wildman–Crippen LogP) is 7.85. The van der Waals surface area contributed by atoms with Crippen LogP contribution < -0.4 is 57.6 Å². The quantitative estimate of drug-likeness (QED) is 0.00780. The molecule has 0 saturated carbocycles. The Bertz CT molecular complexity index is 5020. The van der Waals surface area contributed by atoms with Crippen molar-refractivity contribution >= 4 is 105 Å². The molecule has 6 amide bonds. The van der Waals surface area contributed by atoms with Crippen LogP contribution in [0.4, 0.5) is 5.69 Å². The largest absolute Gasteiger partial charge is 0.456 e. The molecule has 0 fully saturated rings. The van der Waals surface area contributed by atoms with Gasteiger partial charge in [0, 0.05) is 126 Å². The van der Waals surface area contributed by atoms with Gasteiger partial charge in [-0.3, -0.25) is 33.3 Å². The number of primary amides is 1. The number of amides is 6. The molecule has 1 aliphatic carbocycles. The summed E-state index contributed by atoms with van der Waals surface area (Å²) in [4.78, 5) is 91.3. The van der Waals surface area contributed by atoms with Crippen molar-refractivity contribution in [1.82, 2.24) is 45.8 Å². The second-order valence-electron chi connectivity index (χ2n) is 25.8. The van der Waals surface area contributed by atoms with Crippen molar-refractivity contribution in [2.45, 2.75) is 139 Å². The number of hydrogen-bond acceptors (Lipinski definition) is 13. The Morgan fingerprint density at radius 2 is 1.17 bits per heavy atom. The number of para-hydroxylation sites is 2. The fraction of sp³-hybridized carbons (Fsp3) is 0.338. The average Bonchev–Trinajstić information content (AvgIpc) is 0.743. The lowest BCUT2D eigenvalue weighted by Gasteiger charge is -2.27. The minimum absolute atomic E-state index is 0.0315. The number of H-pyrrole nitrogens is 2. The van der Waals surface area contributed by atoms with Crippen molar-refractivity contribution in [1.29, 1.82) is 0 Å². The molecule has 1 aliphatic heterocycles. The van der Waals surface area contributed by atoms with Crippen molar-refractivity contribution in [2.75, 3.05) is 44.2 Å². The van der Waals surface area contributed by atoms with E-state index in [1.807, 2.05) is 155 Å². The summed E-state index contributed by atoms with van der Waals surface area (Å²) >= 11 is 0. The van der Waals surface area contributed by atoms with E-state index in [1.54, 1.807) is 12.4 Å². The average molecular weight is 1440 g/mol. The minimum atomic E-state index is -5.02. The van der Waals surface area contributed by atoms with Crippen LogP contribution >= 0.6 is 0 Å². The zero-order valence-electron chi connectivity index (χ0n) is 58.5.